The van der Waals surface area contributed by atoms with E-state index < -0.39 is 0 Å². The zero-order valence-corrected chi connectivity index (χ0v) is 24.3. The van der Waals surface area contributed by atoms with E-state index in [1.165, 1.54) is 81.7 Å². The van der Waals surface area contributed by atoms with E-state index in [4.69, 9.17) is 4.74 Å². The number of fused-ring (bicyclic) bond motifs is 6. The molecule has 0 fully saturated rings. The zero-order chi connectivity index (χ0) is 28.7. The highest BCUT2D eigenvalue weighted by molar-refractivity contribution is 6.17. The number of benzene rings is 7. The van der Waals surface area contributed by atoms with Crippen molar-refractivity contribution in [3.8, 4) is 33.8 Å². The van der Waals surface area contributed by atoms with Gasteiger partial charge < -0.3 is 4.74 Å². The van der Waals surface area contributed by atoms with Crippen molar-refractivity contribution in [1.29, 1.82) is 0 Å². The summed E-state index contributed by atoms with van der Waals surface area (Å²) in [6.45, 7) is 4.37. The molecule has 0 N–H and O–H groups in total. The summed E-state index contributed by atoms with van der Waals surface area (Å²) in [5.41, 5.74) is 8.79. The van der Waals surface area contributed by atoms with Crippen LogP contribution in [0.25, 0.3) is 66.7 Å². The summed E-state index contributed by atoms with van der Waals surface area (Å²) in [7, 11) is 0. The molecule has 7 aromatic rings. The molecule has 7 aromatic carbocycles. The molecular weight excluding hydrogens is 520 g/mol. The van der Waals surface area contributed by atoms with Crippen LogP contribution >= 0.6 is 0 Å². The SMILES string of the molecule is Cc1ccc2cc3c4c(cc(C)cc4c2c1)-c1cccc(C2C=c4ccc(-c5ccc6ccccc6c5)cc4=CC2)c1O3. The number of ether oxygens (including phenoxy) is 1. The predicted octanol–water partition coefficient (Wildman–Crippen LogP) is 9.95. The van der Waals surface area contributed by atoms with Gasteiger partial charge in [0.1, 0.15) is 11.5 Å². The number of rotatable bonds is 2. The van der Waals surface area contributed by atoms with Crippen molar-refractivity contribution >= 4 is 44.5 Å². The highest BCUT2D eigenvalue weighted by Crippen LogP contribution is 2.51. The van der Waals surface area contributed by atoms with Gasteiger partial charge >= 0.3 is 0 Å². The first-order valence-corrected chi connectivity index (χ1v) is 15.2. The summed E-state index contributed by atoms with van der Waals surface area (Å²) in [5.74, 6) is 2.21. The Morgan fingerprint density at radius 3 is 2.33 bits per heavy atom. The fourth-order valence-corrected chi connectivity index (χ4v) is 7.29. The first-order chi connectivity index (χ1) is 21.1. The second kappa shape index (κ2) is 9.18. The van der Waals surface area contributed by atoms with Crippen LogP contribution in [0.1, 0.15) is 29.0 Å². The molecule has 0 saturated carbocycles. The minimum Gasteiger partial charge on any atom is -0.456 e. The van der Waals surface area contributed by atoms with E-state index in [-0.39, 0.29) is 5.92 Å². The van der Waals surface area contributed by atoms with Crippen molar-refractivity contribution in [1.82, 2.24) is 0 Å². The van der Waals surface area contributed by atoms with E-state index in [1.54, 1.807) is 0 Å². The Morgan fingerprint density at radius 2 is 1.40 bits per heavy atom. The number of hydrogen-bond donors (Lipinski definition) is 0. The third-order valence-electron chi connectivity index (χ3n) is 9.40. The summed E-state index contributed by atoms with van der Waals surface area (Å²) in [4.78, 5) is 0. The maximum absolute atomic E-state index is 6.88. The first kappa shape index (κ1) is 24.5. The highest BCUT2D eigenvalue weighted by Gasteiger charge is 2.26. The average molecular weight is 551 g/mol. The lowest BCUT2D eigenvalue weighted by molar-refractivity contribution is 0.479. The van der Waals surface area contributed by atoms with Crippen LogP contribution < -0.4 is 15.2 Å². The third kappa shape index (κ3) is 3.85. The summed E-state index contributed by atoms with van der Waals surface area (Å²) >= 11 is 0. The summed E-state index contributed by atoms with van der Waals surface area (Å²) in [6.07, 6.45) is 5.78. The van der Waals surface area contributed by atoms with Gasteiger partial charge in [-0.05, 0) is 98.1 Å². The Kier molecular flexibility index (Phi) is 5.22. The number of aryl methyl sites for hydroxylation is 2. The van der Waals surface area contributed by atoms with Crippen LogP contribution in [-0.2, 0) is 0 Å². The first-order valence-electron chi connectivity index (χ1n) is 15.2. The summed E-state index contributed by atoms with van der Waals surface area (Å²) in [5, 5.41) is 10.2. The van der Waals surface area contributed by atoms with Crippen molar-refractivity contribution in [2.45, 2.75) is 26.2 Å². The molecule has 204 valence electrons. The lowest BCUT2D eigenvalue weighted by Gasteiger charge is -2.27. The molecule has 1 aliphatic carbocycles. The third-order valence-corrected chi connectivity index (χ3v) is 9.40. The highest BCUT2D eigenvalue weighted by atomic mass is 16.5. The molecule has 0 aromatic heterocycles. The summed E-state index contributed by atoms with van der Waals surface area (Å²) < 4.78 is 6.88. The molecule has 0 spiro atoms. The largest absolute Gasteiger partial charge is 0.456 e. The maximum Gasteiger partial charge on any atom is 0.139 e. The molecule has 0 saturated heterocycles. The van der Waals surface area contributed by atoms with Gasteiger partial charge in [-0.2, -0.15) is 0 Å². The zero-order valence-electron chi connectivity index (χ0n) is 24.3. The van der Waals surface area contributed by atoms with Gasteiger partial charge in [0.15, 0.2) is 0 Å². The molecule has 1 heteroatoms. The molecule has 1 unspecified atom stereocenters. The van der Waals surface area contributed by atoms with Crippen molar-refractivity contribution in [2.24, 2.45) is 0 Å². The normalized spacial score (nSPS) is 15.0. The Balaban J connectivity index is 1.15. The molecule has 0 bridgehead atoms. The molecule has 43 heavy (non-hydrogen) atoms. The quantitative estimate of drug-likeness (QED) is 0.195. The van der Waals surface area contributed by atoms with E-state index in [1.807, 2.05) is 0 Å². The summed E-state index contributed by atoms with van der Waals surface area (Å²) in [6, 6.07) is 42.5. The second-order valence-corrected chi connectivity index (χ2v) is 12.3. The molecule has 2 aliphatic rings. The number of para-hydroxylation sites is 1. The smallest absolute Gasteiger partial charge is 0.139 e. The van der Waals surface area contributed by atoms with Gasteiger partial charge in [-0.25, -0.2) is 0 Å². The lowest BCUT2D eigenvalue weighted by Crippen LogP contribution is -2.28. The predicted molar refractivity (Wildman–Crippen MR) is 181 cm³/mol. The van der Waals surface area contributed by atoms with Crippen LogP contribution in [0.15, 0.2) is 115 Å². The van der Waals surface area contributed by atoms with E-state index in [0.717, 1.165) is 17.9 Å². The van der Waals surface area contributed by atoms with Crippen molar-refractivity contribution < 1.29 is 4.74 Å². The number of hydrogen-bond acceptors (Lipinski definition) is 1. The Morgan fingerprint density at radius 1 is 0.581 bits per heavy atom. The standard InChI is InChI=1S/C42H30O/c1-25-10-11-34-24-40-41-38(19-26(2)20-39(41)37(34)18-25)36-9-5-8-35(42(36)43-40)33-17-16-31-22-30(14-15-32(31)23-33)29-13-12-27-6-3-4-7-28(27)21-29/h3-16,18-24,33H,17H2,1-2H3. The van der Waals surface area contributed by atoms with Crippen molar-refractivity contribution in [3.63, 3.8) is 0 Å². The Bertz CT molecular complexity index is 2430. The van der Waals surface area contributed by atoms with Crippen LogP contribution in [0.2, 0.25) is 0 Å². The monoisotopic (exact) mass is 550 g/mol. The average Bonchev–Trinajstić information content (AvgIpc) is 3.04. The molecule has 1 heterocycles. The molecule has 1 aliphatic heterocycles. The van der Waals surface area contributed by atoms with Crippen LogP contribution in [-0.4, -0.2) is 0 Å². The van der Waals surface area contributed by atoms with E-state index >= 15 is 0 Å². The molecule has 0 radical (unpaired) electrons. The van der Waals surface area contributed by atoms with Gasteiger partial charge in [0.2, 0.25) is 0 Å². The molecule has 1 nitrogen and oxygen atoms in total. The van der Waals surface area contributed by atoms with Crippen molar-refractivity contribution in [2.75, 3.05) is 0 Å². The minimum absolute atomic E-state index is 0.249. The van der Waals surface area contributed by atoms with Crippen LogP contribution in [0.5, 0.6) is 11.5 Å². The minimum atomic E-state index is 0.249. The van der Waals surface area contributed by atoms with Gasteiger partial charge in [-0.15, -0.1) is 0 Å². The van der Waals surface area contributed by atoms with Crippen LogP contribution in [0, 0.1) is 13.8 Å². The van der Waals surface area contributed by atoms with Crippen LogP contribution in [0.4, 0.5) is 0 Å². The van der Waals surface area contributed by atoms with Crippen molar-refractivity contribution in [3.05, 3.63) is 142 Å². The van der Waals surface area contributed by atoms with Crippen LogP contribution in [0.3, 0.4) is 0 Å². The topological polar surface area (TPSA) is 9.23 Å². The molecule has 9 rings (SSSR count). The van der Waals surface area contributed by atoms with E-state index in [9.17, 15) is 0 Å². The fraction of sp³-hybridized carbons (Fsp3) is 0.0952. The lowest BCUT2D eigenvalue weighted by atomic mass is 9.84. The molecule has 0 amide bonds. The van der Waals surface area contributed by atoms with Gasteiger partial charge in [0, 0.05) is 22.4 Å². The van der Waals surface area contributed by atoms with Gasteiger partial charge in [-0.3, -0.25) is 0 Å². The van der Waals surface area contributed by atoms with Gasteiger partial charge in [-0.1, -0.05) is 115 Å². The molecular formula is C42H30O. The van der Waals surface area contributed by atoms with Gasteiger partial charge in [0.25, 0.3) is 0 Å². The van der Waals surface area contributed by atoms with Gasteiger partial charge in [0.05, 0.1) is 0 Å². The van der Waals surface area contributed by atoms with E-state index in [2.05, 4.69) is 141 Å². The Labute approximate surface area is 251 Å². The molecule has 1 atom stereocenters. The second-order valence-electron chi connectivity index (χ2n) is 12.3. The maximum atomic E-state index is 6.88. The Hall–Kier alpha value is -5.14. The fourth-order valence-electron chi connectivity index (χ4n) is 7.29. The van der Waals surface area contributed by atoms with E-state index in [0.29, 0.717) is 0 Å².